The summed E-state index contributed by atoms with van der Waals surface area (Å²) in [5.74, 6) is 0.829. The van der Waals surface area contributed by atoms with Crippen LogP contribution >= 0.6 is 0 Å². The molecular weight excluding hydrogens is 324 g/mol. The van der Waals surface area contributed by atoms with Crippen molar-refractivity contribution in [2.24, 2.45) is 0 Å². The van der Waals surface area contributed by atoms with E-state index in [1.54, 1.807) is 29.4 Å². The molecule has 134 valence electrons. The van der Waals surface area contributed by atoms with Crippen LogP contribution in [0.5, 0.6) is 0 Å². The molecule has 1 saturated heterocycles. The van der Waals surface area contributed by atoms with E-state index in [0.29, 0.717) is 31.3 Å². The fourth-order valence-electron chi connectivity index (χ4n) is 2.68. The number of rotatable bonds is 5. The Bertz CT molecular complexity index is 684. The zero-order valence-corrected chi connectivity index (χ0v) is 14.1. The SMILES string of the molecule is CC(NC(=O)N1CCN(CCO)CC1)c1nc(-c2ccncc2)no1. The van der Waals surface area contributed by atoms with Gasteiger partial charge in [0.15, 0.2) is 0 Å². The first-order valence-corrected chi connectivity index (χ1v) is 8.30. The number of carbonyl (C=O) groups excluding carboxylic acids is 1. The molecule has 2 amide bonds. The Hall–Kier alpha value is -2.52. The molecule has 0 aliphatic carbocycles. The predicted octanol–water partition coefficient (Wildman–Crippen LogP) is 0.512. The van der Waals surface area contributed by atoms with Gasteiger partial charge in [-0.15, -0.1) is 0 Å². The lowest BCUT2D eigenvalue weighted by Crippen LogP contribution is -2.52. The average molecular weight is 346 g/mol. The normalized spacial score (nSPS) is 16.6. The summed E-state index contributed by atoms with van der Waals surface area (Å²) in [6.07, 6.45) is 3.32. The Balaban J connectivity index is 1.55. The van der Waals surface area contributed by atoms with Gasteiger partial charge in [-0.05, 0) is 19.1 Å². The Labute approximate surface area is 145 Å². The van der Waals surface area contributed by atoms with E-state index < -0.39 is 0 Å². The molecule has 3 rings (SSSR count). The molecule has 0 aromatic carbocycles. The van der Waals surface area contributed by atoms with Crippen LogP contribution in [0.4, 0.5) is 4.79 Å². The number of hydrogen-bond donors (Lipinski definition) is 2. The number of pyridine rings is 1. The van der Waals surface area contributed by atoms with Crippen LogP contribution in [-0.4, -0.2) is 75.4 Å². The number of hydrogen-bond acceptors (Lipinski definition) is 7. The third-order valence-corrected chi connectivity index (χ3v) is 4.17. The van der Waals surface area contributed by atoms with Gasteiger partial charge < -0.3 is 19.8 Å². The zero-order chi connectivity index (χ0) is 17.6. The minimum absolute atomic E-state index is 0.139. The van der Waals surface area contributed by atoms with Gasteiger partial charge >= 0.3 is 6.03 Å². The minimum Gasteiger partial charge on any atom is -0.395 e. The van der Waals surface area contributed by atoms with Crippen LogP contribution in [0.2, 0.25) is 0 Å². The molecule has 0 spiro atoms. The lowest BCUT2D eigenvalue weighted by molar-refractivity contribution is 0.120. The highest BCUT2D eigenvalue weighted by molar-refractivity contribution is 5.74. The Morgan fingerprint density at radius 2 is 2.04 bits per heavy atom. The molecule has 25 heavy (non-hydrogen) atoms. The van der Waals surface area contributed by atoms with Gasteiger partial charge in [0.1, 0.15) is 6.04 Å². The monoisotopic (exact) mass is 346 g/mol. The molecule has 2 aromatic rings. The Morgan fingerprint density at radius 3 is 2.72 bits per heavy atom. The van der Waals surface area contributed by atoms with Crippen molar-refractivity contribution in [1.82, 2.24) is 30.2 Å². The number of β-amino-alcohol motifs (C(OH)–C–C–N with tert-alkyl or cyclic N) is 1. The molecular formula is C16H22N6O3. The van der Waals surface area contributed by atoms with Gasteiger partial charge in [-0.1, -0.05) is 5.16 Å². The van der Waals surface area contributed by atoms with Crippen LogP contribution in [-0.2, 0) is 0 Å². The van der Waals surface area contributed by atoms with Gasteiger partial charge in [-0.25, -0.2) is 4.79 Å². The second-order valence-electron chi connectivity index (χ2n) is 5.92. The predicted molar refractivity (Wildman–Crippen MR) is 89.6 cm³/mol. The van der Waals surface area contributed by atoms with E-state index in [4.69, 9.17) is 9.63 Å². The number of nitrogens with one attached hydrogen (secondary N) is 1. The van der Waals surface area contributed by atoms with Gasteiger partial charge in [0.25, 0.3) is 0 Å². The summed E-state index contributed by atoms with van der Waals surface area (Å²) in [6.45, 7) is 5.37. The smallest absolute Gasteiger partial charge is 0.318 e. The topological polar surface area (TPSA) is 108 Å². The van der Waals surface area contributed by atoms with Gasteiger partial charge in [-0.2, -0.15) is 4.98 Å². The van der Waals surface area contributed by atoms with Crippen LogP contribution in [0.3, 0.4) is 0 Å². The molecule has 1 atom stereocenters. The lowest BCUT2D eigenvalue weighted by atomic mass is 10.2. The van der Waals surface area contributed by atoms with Crippen molar-refractivity contribution in [3.63, 3.8) is 0 Å². The van der Waals surface area contributed by atoms with Gasteiger partial charge in [0.2, 0.25) is 11.7 Å². The van der Waals surface area contributed by atoms with Gasteiger partial charge in [0.05, 0.1) is 6.61 Å². The van der Waals surface area contributed by atoms with Crippen LogP contribution in [0.1, 0.15) is 18.9 Å². The van der Waals surface area contributed by atoms with E-state index in [0.717, 1.165) is 18.7 Å². The summed E-state index contributed by atoms with van der Waals surface area (Å²) in [5.41, 5.74) is 0.809. The van der Waals surface area contributed by atoms with Crippen LogP contribution in [0, 0.1) is 0 Å². The molecule has 2 N–H and O–H groups in total. The van der Waals surface area contributed by atoms with Crippen molar-refractivity contribution in [1.29, 1.82) is 0 Å². The first kappa shape index (κ1) is 17.3. The number of aromatic nitrogens is 3. The minimum atomic E-state index is -0.383. The van der Waals surface area contributed by atoms with Crippen molar-refractivity contribution in [3.05, 3.63) is 30.4 Å². The zero-order valence-electron chi connectivity index (χ0n) is 14.1. The number of piperazine rings is 1. The molecule has 1 aliphatic heterocycles. The molecule has 0 bridgehead atoms. The van der Waals surface area contributed by atoms with Crippen molar-refractivity contribution < 1.29 is 14.4 Å². The van der Waals surface area contributed by atoms with Crippen molar-refractivity contribution in [3.8, 4) is 11.4 Å². The average Bonchev–Trinajstić information content (AvgIpc) is 3.13. The molecule has 9 nitrogen and oxygen atoms in total. The highest BCUT2D eigenvalue weighted by Gasteiger charge is 2.24. The summed E-state index contributed by atoms with van der Waals surface area (Å²) in [5, 5.41) is 15.8. The fraction of sp³-hybridized carbons (Fsp3) is 0.500. The molecule has 0 radical (unpaired) electrons. The number of carbonyl (C=O) groups is 1. The second-order valence-corrected chi connectivity index (χ2v) is 5.92. The number of amides is 2. The standard InChI is InChI=1S/C16H22N6O3/c1-12(15-19-14(20-25-15)13-2-4-17-5-3-13)18-16(24)22-8-6-21(7-9-22)10-11-23/h2-5,12,23H,6-11H2,1H3,(H,18,24). The second kappa shape index (κ2) is 8.04. The van der Waals surface area contributed by atoms with E-state index in [9.17, 15) is 4.79 Å². The maximum atomic E-state index is 12.4. The summed E-state index contributed by atoms with van der Waals surface area (Å²) >= 11 is 0. The van der Waals surface area contributed by atoms with E-state index in [1.807, 2.05) is 6.92 Å². The van der Waals surface area contributed by atoms with Crippen molar-refractivity contribution >= 4 is 6.03 Å². The number of nitrogens with zero attached hydrogens (tertiary/aromatic N) is 5. The van der Waals surface area contributed by atoms with E-state index in [-0.39, 0.29) is 18.7 Å². The van der Waals surface area contributed by atoms with Crippen molar-refractivity contribution in [2.75, 3.05) is 39.3 Å². The third-order valence-electron chi connectivity index (χ3n) is 4.17. The number of aliphatic hydroxyl groups is 1. The Kier molecular flexibility index (Phi) is 5.56. The molecule has 1 aliphatic rings. The van der Waals surface area contributed by atoms with Gasteiger partial charge in [-0.3, -0.25) is 9.88 Å². The highest BCUT2D eigenvalue weighted by atomic mass is 16.5. The lowest BCUT2D eigenvalue weighted by Gasteiger charge is -2.34. The molecule has 3 heterocycles. The van der Waals surface area contributed by atoms with Crippen LogP contribution in [0.25, 0.3) is 11.4 Å². The quantitative estimate of drug-likeness (QED) is 0.812. The van der Waals surface area contributed by atoms with Crippen LogP contribution in [0.15, 0.2) is 29.0 Å². The molecule has 0 saturated carbocycles. The van der Waals surface area contributed by atoms with E-state index in [1.165, 1.54) is 0 Å². The van der Waals surface area contributed by atoms with Crippen molar-refractivity contribution in [2.45, 2.75) is 13.0 Å². The summed E-state index contributed by atoms with van der Waals surface area (Å²) < 4.78 is 5.27. The highest BCUT2D eigenvalue weighted by Crippen LogP contribution is 2.18. The van der Waals surface area contributed by atoms with E-state index >= 15 is 0 Å². The van der Waals surface area contributed by atoms with E-state index in [2.05, 4.69) is 25.3 Å². The fourth-order valence-corrected chi connectivity index (χ4v) is 2.68. The summed E-state index contributed by atoms with van der Waals surface area (Å²) in [6, 6.07) is 3.05. The summed E-state index contributed by atoms with van der Waals surface area (Å²) in [4.78, 5) is 24.6. The first-order valence-electron chi connectivity index (χ1n) is 8.30. The first-order chi connectivity index (χ1) is 12.2. The third kappa shape index (κ3) is 4.31. The molecule has 1 unspecified atom stereocenters. The van der Waals surface area contributed by atoms with Crippen LogP contribution < -0.4 is 5.32 Å². The largest absolute Gasteiger partial charge is 0.395 e. The number of aliphatic hydroxyl groups excluding tert-OH is 1. The molecule has 9 heteroatoms. The Morgan fingerprint density at radius 1 is 1.32 bits per heavy atom. The maximum Gasteiger partial charge on any atom is 0.318 e. The summed E-state index contributed by atoms with van der Waals surface area (Å²) in [7, 11) is 0. The molecule has 1 fully saturated rings. The molecule has 2 aromatic heterocycles. The maximum absolute atomic E-state index is 12.4. The van der Waals surface area contributed by atoms with Gasteiger partial charge in [0, 0.05) is 50.7 Å². The number of urea groups is 1.